The Morgan fingerprint density at radius 3 is 2.14 bits per heavy atom. The lowest BCUT2D eigenvalue weighted by Gasteiger charge is -2.51. The molecule has 2 aromatic rings. The van der Waals surface area contributed by atoms with E-state index in [0.717, 1.165) is 0 Å². The molecule has 2 aliphatic heterocycles. The van der Waals surface area contributed by atoms with Crippen molar-refractivity contribution in [2.45, 2.75) is 109 Å². The van der Waals surface area contributed by atoms with Crippen LogP contribution in [0.5, 0.6) is 5.75 Å². The van der Waals surface area contributed by atoms with E-state index in [1.165, 1.54) is 10.8 Å². The molecule has 1 N–H and O–H groups in total. The number of aryl methyl sites for hydroxylation is 1. The zero-order valence-electron chi connectivity index (χ0n) is 25.9. The molecule has 42 heavy (non-hydrogen) atoms. The van der Waals surface area contributed by atoms with Crippen LogP contribution in [-0.2, 0) is 22.4 Å². The predicted octanol–water partition coefficient (Wildman–Crippen LogP) is 5.45. The molecule has 13 heteroatoms. The van der Waals surface area contributed by atoms with Gasteiger partial charge in [-0.15, -0.1) is 0 Å². The maximum absolute atomic E-state index is 13.1. The predicted molar refractivity (Wildman–Crippen MR) is 168 cm³/mol. The number of fused-ring (bicyclic) bond motifs is 1. The molecule has 0 saturated carbocycles. The minimum atomic E-state index is -3.05. The Labute approximate surface area is 255 Å². The fourth-order valence-corrected chi connectivity index (χ4v) is 17.4. The third-order valence-corrected chi connectivity index (χ3v) is 18.6. The van der Waals surface area contributed by atoms with E-state index in [1.807, 2.05) is 18.2 Å². The largest absolute Gasteiger partial charge is 0.446 e. The molecule has 2 saturated heterocycles. The summed E-state index contributed by atoms with van der Waals surface area (Å²) >= 11 is 5.53. The van der Waals surface area contributed by atoms with Gasteiger partial charge < -0.3 is 27.2 Å². The van der Waals surface area contributed by atoms with E-state index in [0.29, 0.717) is 11.3 Å². The van der Waals surface area contributed by atoms with Gasteiger partial charge in [0, 0.05) is 24.0 Å². The second-order valence-corrected chi connectivity index (χ2v) is 21.5. The van der Waals surface area contributed by atoms with E-state index < -0.39 is 52.9 Å². The van der Waals surface area contributed by atoms with Gasteiger partial charge in [-0.05, 0) is 41.2 Å². The first-order chi connectivity index (χ1) is 19.7. The summed E-state index contributed by atoms with van der Waals surface area (Å²) < 4.78 is 41.4. The molecule has 1 aromatic heterocycles. The fourth-order valence-electron chi connectivity index (χ4n) is 5.97. The molecule has 2 aliphatic rings. The second-order valence-electron chi connectivity index (χ2n) is 12.3. The number of thiocarbonyl (C=S) groups is 1. The Morgan fingerprint density at radius 2 is 1.57 bits per heavy atom. The molecule has 0 aliphatic carbocycles. The molecule has 0 radical (unpaired) electrons. The van der Waals surface area contributed by atoms with Gasteiger partial charge in [0.05, 0.1) is 6.61 Å². The summed E-state index contributed by atoms with van der Waals surface area (Å²) in [5, 5.41) is -0.142. The van der Waals surface area contributed by atoms with Crippen LogP contribution >= 0.6 is 12.2 Å². The van der Waals surface area contributed by atoms with Crippen molar-refractivity contribution in [3.05, 3.63) is 62.9 Å². The molecule has 4 rings (SSSR count). The van der Waals surface area contributed by atoms with Crippen molar-refractivity contribution < 1.29 is 27.2 Å². The second kappa shape index (κ2) is 12.8. The first kappa shape index (κ1) is 32.8. The minimum Gasteiger partial charge on any atom is -0.446 e. The number of H-pyrrole nitrogens is 1. The first-order valence-corrected chi connectivity index (χ1v) is 19.0. The first-order valence-electron chi connectivity index (χ1n) is 14.6. The van der Waals surface area contributed by atoms with Gasteiger partial charge in [0.15, 0.2) is 12.3 Å². The number of nitrogens with zero attached hydrogens (tertiary/aromatic N) is 1. The van der Waals surface area contributed by atoms with E-state index in [2.05, 4.69) is 60.4 Å². The van der Waals surface area contributed by atoms with Crippen LogP contribution in [0.25, 0.3) is 0 Å². The van der Waals surface area contributed by atoms with Gasteiger partial charge in [-0.3, -0.25) is 14.3 Å². The summed E-state index contributed by atoms with van der Waals surface area (Å²) in [5.41, 5.74) is -0.308. The van der Waals surface area contributed by atoms with Crippen LogP contribution in [0.3, 0.4) is 0 Å². The summed E-state index contributed by atoms with van der Waals surface area (Å²) in [6, 6.07) is 9.06. The average molecular weight is 638 g/mol. The van der Waals surface area contributed by atoms with Crippen LogP contribution in [0, 0.1) is 6.92 Å². The Morgan fingerprint density at radius 1 is 0.976 bits per heavy atom. The number of benzene rings is 1. The zero-order chi connectivity index (χ0) is 31.0. The molecule has 3 heterocycles. The Bertz CT molecular complexity index is 1350. The number of ether oxygens (including phenoxy) is 3. The Hall–Kier alpha value is -2.14. The van der Waals surface area contributed by atoms with E-state index in [-0.39, 0.29) is 34.0 Å². The summed E-state index contributed by atoms with van der Waals surface area (Å²) in [6.07, 6.45) is -1.72. The lowest BCUT2D eigenvalue weighted by atomic mass is 10.2. The van der Waals surface area contributed by atoms with E-state index >= 15 is 0 Å². The Balaban J connectivity index is 1.82. The molecule has 2 fully saturated rings. The van der Waals surface area contributed by atoms with Crippen molar-refractivity contribution >= 4 is 34.6 Å². The summed E-state index contributed by atoms with van der Waals surface area (Å²) in [4.78, 5) is 27.7. The van der Waals surface area contributed by atoms with Crippen molar-refractivity contribution in [1.82, 2.24) is 9.55 Å². The summed E-state index contributed by atoms with van der Waals surface area (Å²) in [5.74, 6) is 0.509. The SMILES string of the molecule is Cc1cn([C@@H]2O[C@@H]3[13CH2]O[Si](C(C)C)(C(C)C)O[Si](C(C)C)(C(C)C)O[C@H]3[C@H]2OC(=S)Oc2ccccc2)c(=O)[nH]c1=O. The van der Waals surface area contributed by atoms with Crippen molar-refractivity contribution in [3.8, 4) is 5.75 Å². The number of para-hydroxylation sites is 1. The molecule has 0 unspecified atom stereocenters. The Kier molecular flexibility index (Phi) is 10.0. The molecule has 0 amide bonds. The van der Waals surface area contributed by atoms with Crippen molar-refractivity contribution in [1.29, 1.82) is 0 Å². The maximum Gasteiger partial charge on any atom is 0.358 e. The average Bonchev–Trinajstić information content (AvgIpc) is 3.21. The van der Waals surface area contributed by atoms with Gasteiger partial charge in [-0.2, -0.15) is 0 Å². The van der Waals surface area contributed by atoms with Gasteiger partial charge in [-0.25, -0.2) is 4.79 Å². The van der Waals surface area contributed by atoms with E-state index in [1.54, 1.807) is 19.1 Å². The zero-order valence-corrected chi connectivity index (χ0v) is 28.7. The van der Waals surface area contributed by atoms with Crippen LogP contribution < -0.4 is 16.0 Å². The van der Waals surface area contributed by atoms with Gasteiger partial charge in [-0.1, -0.05) is 73.6 Å². The van der Waals surface area contributed by atoms with Gasteiger partial charge in [0.2, 0.25) is 0 Å². The lowest BCUT2D eigenvalue weighted by Crippen LogP contribution is -2.66. The van der Waals surface area contributed by atoms with Crippen LogP contribution in [0.1, 0.15) is 67.2 Å². The number of nitrogens with one attached hydrogen (secondary N) is 1. The molecule has 0 spiro atoms. The summed E-state index contributed by atoms with van der Waals surface area (Å²) in [7, 11) is -5.88. The topological polar surface area (TPSA) is 110 Å². The summed E-state index contributed by atoms with van der Waals surface area (Å²) in [6.45, 7) is 18.9. The maximum atomic E-state index is 13.1. The van der Waals surface area contributed by atoms with E-state index in [9.17, 15) is 9.59 Å². The highest BCUT2D eigenvalue weighted by atomic mass is 32.1. The minimum absolute atomic E-state index is 0.0643. The van der Waals surface area contributed by atoms with Gasteiger partial charge >= 0.3 is 28.0 Å². The highest BCUT2D eigenvalue weighted by Gasteiger charge is 2.62. The molecule has 232 valence electrons. The number of rotatable bonds is 7. The standard InChI is InChI=1S/C29H44N2O8SSi2/c1-17(2)41(18(3)4)34-16-23-24(38-42(39-41,19(5)6)20(7)8)25(37-29(40)35-22-13-11-10-12-14-22)27(36-23)31-15-21(9)26(32)30-28(31)33/h10-15,17-20,23-25,27H,16H2,1-9H3,(H,30,32,33)/t23-,24-,25-,27-/m1/s1/i16+1. The molecular formula is C29H44N2O8SSi2. The van der Waals surface area contributed by atoms with Gasteiger partial charge in [0.25, 0.3) is 5.56 Å². The highest BCUT2D eigenvalue weighted by molar-refractivity contribution is 7.79. The normalized spacial score (nSPS) is 25.4. The molecule has 4 atom stereocenters. The van der Waals surface area contributed by atoms with Crippen LogP contribution in [0.2, 0.25) is 22.2 Å². The molecular weight excluding hydrogens is 594 g/mol. The van der Waals surface area contributed by atoms with Crippen LogP contribution in [-0.4, -0.2) is 56.8 Å². The third kappa shape index (κ3) is 6.23. The van der Waals surface area contributed by atoms with Crippen molar-refractivity contribution in [3.63, 3.8) is 0 Å². The van der Waals surface area contributed by atoms with Gasteiger partial charge in [0.1, 0.15) is 18.0 Å². The molecule has 10 nitrogen and oxygen atoms in total. The number of hydrogen-bond acceptors (Lipinski definition) is 9. The van der Waals surface area contributed by atoms with Crippen LogP contribution in [0.4, 0.5) is 0 Å². The highest BCUT2D eigenvalue weighted by Crippen LogP contribution is 2.48. The molecule has 0 bridgehead atoms. The van der Waals surface area contributed by atoms with E-state index in [4.69, 9.17) is 39.4 Å². The van der Waals surface area contributed by atoms with Crippen molar-refractivity contribution in [2.75, 3.05) is 6.61 Å². The molecule has 1 aromatic carbocycles. The van der Waals surface area contributed by atoms with Crippen LogP contribution in [0.15, 0.2) is 46.1 Å². The fraction of sp³-hybridized carbons (Fsp3) is 0.621. The number of aromatic nitrogens is 2. The number of aromatic amines is 1. The quantitative estimate of drug-likeness (QED) is 0.241. The monoisotopic (exact) mass is 637 g/mol. The lowest BCUT2D eigenvalue weighted by molar-refractivity contribution is -0.0599. The van der Waals surface area contributed by atoms with Crippen molar-refractivity contribution in [2.24, 2.45) is 0 Å². The smallest absolute Gasteiger partial charge is 0.358 e. The number of hydrogen-bond donors (Lipinski definition) is 1. The third-order valence-electron chi connectivity index (χ3n) is 8.21.